The van der Waals surface area contributed by atoms with Gasteiger partial charge in [0, 0.05) is 34.5 Å². The topological polar surface area (TPSA) is 82.3 Å². The number of benzene rings is 2. The van der Waals surface area contributed by atoms with Gasteiger partial charge in [-0.15, -0.1) is 0 Å². The van der Waals surface area contributed by atoms with Gasteiger partial charge in [0.2, 0.25) is 0 Å². The SMILES string of the molecule is C[C@@H](CCCNC(=O)Nc1cccc(Cl)c1)CNC(=O)Nc1cccc(Cl)c1. The van der Waals surface area contributed by atoms with Crippen molar-refractivity contribution in [1.82, 2.24) is 10.6 Å². The Balaban J connectivity index is 1.57. The summed E-state index contributed by atoms with van der Waals surface area (Å²) in [5.41, 5.74) is 1.29. The number of nitrogens with one attached hydrogen (secondary N) is 4. The normalized spacial score (nSPS) is 11.4. The Hall–Kier alpha value is -2.44. The molecule has 0 aromatic heterocycles. The number of urea groups is 2. The largest absolute Gasteiger partial charge is 0.338 e. The molecule has 4 N–H and O–H groups in total. The molecule has 1 atom stereocenters. The summed E-state index contributed by atoms with van der Waals surface area (Å²) in [5.74, 6) is 0.280. The molecule has 0 heterocycles. The Morgan fingerprint density at radius 2 is 1.43 bits per heavy atom. The second-order valence-electron chi connectivity index (χ2n) is 6.48. The van der Waals surface area contributed by atoms with Crippen LogP contribution in [-0.4, -0.2) is 25.2 Å². The average molecular weight is 423 g/mol. The first-order valence-corrected chi connectivity index (χ1v) is 9.79. The van der Waals surface area contributed by atoms with Crippen LogP contribution >= 0.6 is 23.2 Å². The molecular weight excluding hydrogens is 399 g/mol. The van der Waals surface area contributed by atoms with E-state index in [1.54, 1.807) is 48.5 Å². The van der Waals surface area contributed by atoms with E-state index in [0.717, 1.165) is 12.8 Å². The first-order valence-electron chi connectivity index (χ1n) is 9.03. The van der Waals surface area contributed by atoms with Crippen LogP contribution in [0, 0.1) is 5.92 Å². The van der Waals surface area contributed by atoms with E-state index < -0.39 is 0 Å². The lowest BCUT2D eigenvalue weighted by Crippen LogP contribution is -2.33. The molecule has 8 heteroatoms. The molecule has 0 unspecified atom stereocenters. The highest BCUT2D eigenvalue weighted by atomic mass is 35.5. The highest BCUT2D eigenvalue weighted by Gasteiger charge is 2.07. The zero-order valence-electron chi connectivity index (χ0n) is 15.6. The maximum Gasteiger partial charge on any atom is 0.319 e. The van der Waals surface area contributed by atoms with Crippen molar-refractivity contribution < 1.29 is 9.59 Å². The average Bonchev–Trinajstić information content (AvgIpc) is 2.63. The number of rotatable bonds is 8. The molecule has 0 fully saturated rings. The third kappa shape index (κ3) is 8.50. The zero-order valence-corrected chi connectivity index (χ0v) is 17.1. The van der Waals surface area contributed by atoms with Crippen LogP contribution in [0.15, 0.2) is 48.5 Å². The molecule has 0 saturated heterocycles. The van der Waals surface area contributed by atoms with Crippen LogP contribution in [0.2, 0.25) is 10.0 Å². The second-order valence-corrected chi connectivity index (χ2v) is 7.36. The summed E-state index contributed by atoms with van der Waals surface area (Å²) in [7, 11) is 0. The maximum absolute atomic E-state index is 11.9. The molecular formula is C20H24Cl2N4O2. The lowest BCUT2D eigenvalue weighted by molar-refractivity contribution is 0.250. The Labute approximate surface area is 175 Å². The molecule has 4 amide bonds. The molecule has 0 aliphatic heterocycles. The van der Waals surface area contributed by atoms with E-state index in [4.69, 9.17) is 23.2 Å². The Bertz CT molecular complexity index is 801. The summed E-state index contributed by atoms with van der Waals surface area (Å²) in [6, 6.07) is 13.4. The van der Waals surface area contributed by atoms with Crippen molar-refractivity contribution in [2.45, 2.75) is 19.8 Å². The van der Waals surface area contributed by atoms with Crippen molar-refractivity contribution in [3.8, 4) is 0 Å². The first kappa shape index (κ1) is 21.9. The number of carbonyl (C=O) groups is 2. The van der Waals surface area contributed by atoms with Crippen molar-refractivity contribution in [3.63, 3.8) is 0 Å². The van der Waals surface area contributed by atoms with Crippen LogP contribution in [0.4, 0.5) is 21.0 Å². The van der Waals surface area contributed by atoms with Gasteiger partial charge in [0.1, 0.15) is 0 Å². The first-order chi connectivity index (χ1) is 13.4. The van der Waals surface area contributed by atoms with E-state index in [2.05, 4.69) is 21.3 Å². The predicted molar refractivity (Wildman–Crippen MR) is 115 cm³/mol. The van der Waals surface area contributed by atoms with Gasteiger partial charge in [0.15, 0.2) is 0 Å². The molecule has 0 aliphatic carbocycles. The minimum Gasteiger partial charge on any atom is -0.338 e. The van der Waals surface area contributed by atoms with Gasteiger partial charge in [-0.05, 0) is 55.2 Å². The van der Waals surface area contributed by atoms with Gasteiger partial charge in [-0.1, -0.05) is 42.3 Å². The van der Waals surface area contributed by atoms with Gasteiger partial charge in [-0.25, -0.2) is 9.59 Å². The fraction of sp³-hybridized carbons (Fsp3) is 0.300. The van der Waals surface area contributed by atoms with Crippen LogP contribution in [0.1, 0.15) is 19.8 Å². The molecule has 0 bridgehead atoms. The Kier molecular flexibility index (Phi) is 8.91. The summed E-state index contributed by atoms with van der Waals surface area (Å²) >= 11 is 11.8. The number of hydrogen-bond acceptors (Lipinski definition) is 2. The van der Waals surface area contributed by atoms with Crippen molar-refractivity contribution in [2.24, 2.45) is 5.92 Å². The van der Waals surface area contributed by atoms with Gasteiger partial charge in [0.05, 0.1) is 0 Å². The molecule has 2 aromatic carbocycles. The highest BCUT2D eigenvalue weighted by molar-refractivity contribution is 6.31. The van der Waals surface area contributed by atoms with E-state index in [9.17, 15) is 9.59 Å². The third-order valence-electron chi connectivity index (χ3n) is 3.94. The van der Waals surface area contributed by atoms with E-state index in [0.29, 0.717) is 34.5 Å². The quantitative estimate of drug-likeness (QED) is 0.432. The minimum absolute atomic E-state index is 0.269. The van der Waals surface area contributed by atoms with Gasteiger partial charge in [-0.3, -0.25) is 0 Å². The summed E-state index contributed by atoms with van der Waals surface area (Å²) < 4.78 is 0. The lowest BCUT2D eigenvalue weighted by Gasteiger charge is -2.14. The molecule has 6 nitrogen and oxygen atoms in total. The summed E-state index contributed by atoms with van der Waals surface area (Å²) in [6.07, 6.45) is 1.68. The van der Waals surface area contributed by atoms with Gasteiger partial charge >= 0.3 is 12.1 Å². The van der Waals surface area contributed by atoms with E-state index in [-0.39, 0.29) is 18.0 Å². The summed E-state index contributed by atoms with van der Waals surface area (Å²) in [4.78, 5) is 23.7. The molecule has 28 heavy (non-hydrogen) atoms. The monoisotopic (exact) mass is 422 g/mol. The van der Waals surface area contributed by atoms with Crippen molar-refractivity contribution >= 4 is 46.6 Å². The van der Waals surface area contributed by atoms with Gasteiger partial charge < -0.3 is 21.3 Å². The second kappa shape index (κ2) is 11.4. The van der Waals surface area contributed by atoms with Crippen molar-refractivity contribution in [1.29, 1.82) is 0 Å². The smallest absolute Gasteiger partial charge is 0.319 e. The van der Waals surface area contributed by atoms with E-state index in [1.807, 2.05) is 6.92 Å². The van der Waals surface area contributed by atoms with Crippen LogP contribution in [0.5, 0.6) is 0 Å². The lowest BCUT2D eigenvalue weighted by atomic mass is 10.1. The fourth-order valence-electron chi connectivity index (χ4n) is 2.50. The standard InChI is InChI=1S/C20H24Cl2N4O2/c1-14(13-24-20(28)26-18-9-3-7-16(22)12-18)5-4-10-23-19(27)25-17-8-2-6-15(21)11-17/h2-3,6-9,11-12,14H,4-5,10,13H2,1H3,(H2,23,25,27)(H2,24,26,28)/t14-/m0/s1. The van der Waals surface area contributed by atoms with Crippen LogP contribution in [-0.2, 0) is 0 Å². The maximum atomic E-state index is 11.9. The van der Waals surface area contributed by atoms with E-state index in [1.165, 1.54) is 0 Å². The predicted octanol–water partition coefficient (Wildman–Crippen LogP) is 5.35. The Morgan fingerprint density at radius 3 is 1.96 bits per heavy atom. The zero-order chi connectivity index (χ0) is 20.4. The van der Waals surface area contributed by atoms with Gasteiger partial charge in [0.25, 0.3) is 0 Å². The number of hydrogen-bond donors (Lipinski definition) is 4. The summed E-state index contributed by atoms with van der Waals surface area (Å²) in [5, 5.41) is 12.2. The van der Waals surface area contributed by atoms with Crippen molar-refractivity contribution in [2.75, 3.05) is 23.7 Å². The number of amides is 4. The number of carbonyl (C=O) groups excluding carboxylic acids is 2. The molecule has 0 aliphatic rings. The third-order valence-corrected chi connectivity index (χ3v) is 4.41. The fourth-order valence-corrected chi connectivity index (χ4v) is 2.89. The number of anilines is 2. The molecule has 0 saturated carbocycles. The summed E-state index contributed by atoms with van der Waals surface area (Å²) in [6.45, 7) is 3.14. The minimum atomic E-state index is -0.270. The molecule has 0 spiro atoms. The van der Waals surface area contributed by atoms with Gasteiger partial charge in [-0.2, -0.15) is 0 Å². The molecule has 150 valence electrons. The Morgan fingerprint density at radius 1 is 0.893 bits per heavy atom. The van der Waals surface area contributed by atoms with Crippen LogP contribution in [0.3, 0.4) is 0 Å². The molecule has 0 radical (unpaired) electrons. The van der Waals surface area contributed by atoms with E-state index >= 15 is 0 Å². The number of halogens is 2. The molecule has 2 aromatic rings. The molecule has 2 rings (SSSR count). The van der Waals surface area contributed by atoms with Crippen LogP contribution < -0.4 is 21.3 Å². The highest BCUT2D eigenvalue weighted by Crippen LogP contribution is 2.15. The van der Waals surface area contributed by atoms with Crippen molar-refractivity contribution in [3.05, 3.63) is 58.6 Å². The van der Waals surface area contributed by atoms with Crippen LogP contribution in [0.25, 0.3) is 0 Å².